The molecule has 0 fully saturated rings. The Kier molecular flexibility index (Phi) is 13.0. The molecule has 2 aromatic carbocycles. The van der Waals surface area contributed by atoms with E-state index < -0.39 is 44.3 Å². The van der Waals surface area contributed by atoms with E-state index in [9.17, 15) is 26.4 Å². The van der Waals surface area contributed by atoms with Gasteiger partial charge in [-0.05, 0) is 48.2 Å². The summed E-state index contributed by atoms with van der Waals surface area (Å²) in [5.74, 6) is -2.25. The average molecular weight is 630 g/mol. The van der Waals surface area contributed by atoms with Gasteiger partial charge in [-0.15, -0.1) is 0 Å². The Morgan fingerprint density at radius 2 is 0.939 bits per heavy atom. The Bertz CT molecular complexity index is 1070. The van der Waals surface area contributed by atoms with Gasteiger partial charge in [0.2, 0.25) is 0 Å². The molecule has 0 unspecified atom stereocenters. The van der Waals surface area contributed by atoms with Gasteiger partial charge in [-0.1, -0.05) is 24.3 Å². The van der Waals surface area contributed by atoms with Crippen LogP contribution >= 0.6 is 0 Å². The van der Waals surface area contributed by atoms with E-state index >= 15 is 0 Å². The molecule has 0 aliphatic carbocycles. The molecular formula is C18H24BaN2O10S2. The minimum Gasteiger partial charge on any atom is -1.00 e. The maximum atomic E-state index is 10.7. The summed E-state index contributed by atoms with van der Waals surface area (Å²) >= 11 is 0. The summed E-state index contributed by atoms with van der Waals surface area (Å²) in [5, 5.41) is 17.1. The first-order valence-corrected chi connectivity index (χ1v) is 11.6. The summed E-state index contributed by atoms with van der Waals surface area (Å²) < 4.78 is 60.3. The van der Waals surface area contributed by atoms with E-state index in [1.54, 1.807) is 0 Å². The van der Waals surface area contributed by atoms with E-state index in [1.165, 1.54) is 48.5 Å². The molecule has 2 rings (SSSR count). The van der Waals surface area contributed by atoms with Crippen molar-refractivity contribution in [2.75, 3.05) is 0 Å². The van der Waals surface area contributed by atoms with Gasteiger partial charge in [0.25, 0.3) is 20.2 Å². The number of carbonyl (C=O) groups is 2. The number of benzene rings is 2. The summed E-state index contributed by atoms with van der Waals surface area (Å²) in [6, 6.07) is 8.35. The van der Waals surface area contributed by atoms with Crippen molar-refractivity contribution in [3.8, 4) is 0 Å². The smallest absolute Gasteiger partial charge is 1.00 e. The van der Waals surface area contributed by atoms with Gasteiger partial charge in [-0.3, -0.25) is 18.7 Å². The number of rotatable bonds is 8. The van der Waals surface area contributed by atoms with Gasteiger partial charge in [0.15, 0.2) is 0 Å². The molecular weight excluding hydrogens is 606 g/mol. The number of aliphatic carboxylic acids is 2. The predicted molar refractivity (Wildman–Crippen MR) is 119 cm³/mol. The van der Waals surface area contributed by atoms with Gasteiger partial charge in [-0.2, -0.15) is 16.8 Å². The zero-order valence-corrected chi connectivity index (χ0v) is 23.2. The van der Waals surface area contributed by atoms with E-state index in [4.69, 9.17) is 30.8 Å². The van der Waals surface area contributed by atoms with Crippen LogP contribution in [-0.4, -0.2) is 109 Å². The van der Waals surface area contributed by atoms with Crippen LogP contribution in [0.5, 0.6) is 0 Å². The van der Waals surface area contributed by atoms with E-state index in [0.29, 0.717) is 11.1 Å². The number of carboxylic acids is 2. The first-order valence-electron chi connectivity index (χ1n) is 8.71. The molecule has 0 aliphatic rings. The molecule has 0 amide bonds. The van der Waals surface area contributed by atoms with Gasteiger partial charge in [0.1, 0.15) is 12.1 Å². The number of hydrogen-bond donors (Lipinski definition) is 6. The third-order valence-corrected chi connectivity index (χ3v) is 5.72. The summed E-state index contributed by atoms with van der Waals surface area (Å²) in [6.07, 6.45) is 0.197. The Labute approximate surface area is 233 Å². The molecule has 0 spiro atoms. The van der Waals surface area contributed by atoms with Crippen LogP contribution in [0.15, 0.2) is 58.3 Å². The SMILES string of the molecule is N[C@@H](Cc1ccc(S(=O)(=O)O)cc1)C(=O)O.N[C@@H](Cc1ccc(S(=O)(=O)O)cc1)C(=O)O.[Ba+2].[H-].[H-]. The molecule has 15 heteroatoms. The van der Waals surface area contributed by atoms with Crippen LogP contribution in [0.1, 0.15) is 14.0 Å². The molecule has 33 heavy (non-hydrogen) atoms. The molecule has 0 heterocycles. The largest absolute Gasteiger partial charge is 2.00 e. The summed E-state index contributed by atoms with van der Waals surface area (Å²) in [5.41, 5.74) is 11.8. The predicted octanol–water partition coefficient (Wildman–Crippen LogP) is -0.380. The number of carboxylic acid groups (broad SMARTS) is 2. The van der Waals surface area contributed by atoms with Crippen molar-refractivity contribution in [3.63, 3.8) is 0 Å². The van der Waals surface area contributed by atoms with E-state index in [1.807, 2.05) is 0 Å². The minimum atomic E-state index is -4.21. The Morgan fingerprint density at radius 1 is 0.697 bits per heavy atom. The monoisotopic (exact) mass is 630 g/mol. The molecule has 0 aliphatic heterocycles. The fraction of sp³-hybridized carbons (Fsp3) is 0.222. The maximum Gasteiger partial charge on any atom is 2.00 e. The molecule has 0 saturated carbocycles. The van der Waals surface area contributed by atoms with Crippen LogP contribution in [0.2, 0.25) is 0 Å². The van der Waals surface area contributed by atoms with E-state index in [2.05, 4.69) is 0 Å². The van der Waals surface area contributed by atoms with E-state index in [-0.39, 0.29) is 74.4 Å². The Hall–Kier alpha value is -1.31. The standard InChI is InChI=1S/2C9H11NO5S.Ba.2H/c2*10-8(9(11)12)5-6-1-3-7(4-2-6)16(13,14)15;;;/h2*1-4,8H,5,10H2,(H,11,12)(H,13,14,15);;;/q;;+2;2*-1/t2*8-;;;/m00.../s1. The summed E-state index contributed by atoms with van der Waals surface area (Å²) in [7, 11) is -8.42. The second-order valence-corrected chi connectivity index (χ2v) is 9.38. The first kappa shape index (κ1) is 31.7. The van der Waals surface area contributed by atoms with Crippen molar-refractivity contribution in [2.45, 2.75) is 34.7 Å². The van der Waals surface area contributed by atoms with Crippen molar-refractivity contribution >= 4 is 81.1 Å². The molecule has 8 N–H and O–H groups in total. The normalized spacial score (nSPS) is 13.0. The minimum absolute atomic E-state index is 0. The van der Waals surface area contributed by atoms with Crippen molar-refractivity contribution < 1.29 is 48.6 Å². The molecule has 0 aromatic heterocycles. The fourth-order valence-electron chi connectivity index (χ4n) is 2.28. The zero-order valence-electron chi connectivity index (χ0n) is 19.1. The Morgan fingerprint density at radius 3 is 1.12 bits per heavy atom. The van der Waals surface area contributed by atoms with E-state index in [0.717, 1.165) is 0 Å². The van der Waals surface area contributed by atoms with Crippen LogP contribution in [0, 0.1) is 0 Å². The second-order valence-electron chi connectivity index (χ2n) is 6.54. The van der Waals surface area contributed by atoms with Gasteiger partial charge in [0, 0.05) is 0 Å². The van der Waals surface area contributed by atoms with Crippen molar-refractivity contribution in [3.05, 3.63) is 59.7 Å². The van der Waals surface area contributed by atoms with Crippen molar-refractivity contribution in [1.82, 2.24) is 0 Å². The third-order valence-electron chi connectivity index (χ3n) is 3.99. The number of hydrogen-bond acceptors (Lipinski definition) is 8. The topological polar surface area (TPSA) is 235 Å². The summed E-state index contributed by atoms with van der Waals surface area (Å²) in [6.45, 7) is 0. The zero-order chi connectivity index (χ0) is 24.7. The summed E-state index contributed by atoms with van der Waals surface area (Å²) in [4.78, 5) is 20.5. The first-order chi connectivity index (χ1) is 14.6. The van der Waals surface area contributed by atoms with Crippen LogP contribution in [0.4, 0.5) is 0 Å². The second kappa shape index (κ2) is 13.5. The maximum absolute atomic E-state index is 10.7. The van der Waals surface area contributed by atoms with Gasteiger partial charge < -0.3 is 24.5 Å². The van der Waals surface area contributed by atoms with Gasteiger partial charge >= 0.3 is 60.8 Å². The number of nitrogens with two attached hydrogens (primary N) is 2. The molecule has 12 nitrogen and oxygen atoms in total. The third kappa shape index (κ3) is 11.6. The quantitative estimate of drug-likeness (QED) is 0.162. The molecule has 0 radical (unpaired) electrons. The Balaban J connectivity index is -0.000000539. The molecule has 0 bridgehead atoms. The van der Waals surface area contributed by atoms with Crippen LogP contribution in [0.3, 0.4) is 0 Å². The fourth-order valence-corrected chi connectivity index (χ4v) is 3.24. The van der Waals surface area contributed by atoms with Crippen molar-refractivity contribution in [2.24, 2.45) is 11.5 Å². The van der Waals surface area contributed by atoms with Gasteiger partial charge in [-0.25, -0.2) is 0 Å². The van der Waals surface area contributed by atoms with Crippen LogP contribution in [-0.2, 0) is 42.7 Å². The molecule has 0 saturated heterocycles. The molecule has 2 atom stereocenters. The average Bonchev–Trinajstić information content (AvgIpc) is 2.67. The molecule has 180 valence electrons. The molecule has 2 aromatic rings. The van der Waals surface area contributed by atoms with Gasteiger partial charge in [0.05, 0.1) is 9.79 Å². The van der Waals surface area contributed by atoms with Crippen LogP contribution < -0.4 is 11.5 Å². The van der Waals surface area contributed by atoms with Crippen molar-refractivity contribution in [1.29, 1.82) is 0 Å². The van der Waals surface area contributed by atoms with Crippen LogP contribution in [0.25, 0.3) is 0 Å².